The van der Waals surface area contributed by atoms with Crippen LogP contribution in [0, 0.1) is 0 Å². The zero-order valence-electron chi connectivity index (χ0n) is 14.3. The highest BCUT2D eigenvalue weighted by Gasteiger charge is 2.20. The van der Waals surface area contributed by atoms with Crippen LogP contribution in [-0.2, 0) is 17.6 Å². The molecule has 3 nitrogen and oxygen atoms in total. The summed E-state index contributed by atoms with van der Waals surface area (Å²) < 4.78 is 0. The highest BCUT2D eigenvalue weighted by molar-refractivity contribution is 5.93. The van der Waals surface area contributed by atoms with Gasteiger partial charge in [-0.05, 0) is 43.9 Å². The van der Waals surface area contributed by atoms with E-state index in [1.165, 1.54) is 43.2 Å². The van der Waals surface area contributed by atoms with E-state index >= 15 is 0 Å². The Morgan fingerprint density at radius 2 is 1.73 bits per heavy atom. The molecule has 0 spiro atoms. The number of carbonyl (C=O) groups excluding carboxylic acids is 1. The first-order chi connectivity index (χ1) is 10.7. The third kappa shape index (κ3) is 4.33. The smallest absolute Gasteiger partial charge is 0.238 e. The number of benzene rings is 1. The van der Waals surface area contributed by atoms with E-state index < -0.39 is 0 Å². The van der Waals surface area contributed by atoms with Crippen LogP contribution < -0.4 is 5.32 Å². The van der Waals surface area contributed by atoms with Gasteiger partial charge >= 0.3 is 0 Å². The number of hydrogen-bond acceptors (Lipinski definition) is 2. The summed E-state index contributed by atoms with van der Waals surface area (Å²) in [4.78, 5) is 14.7. The monoisotopic (exact) mass is 302 g/mol. The molecule has 1 N–H and O–H groups in total. The minimum atomic E-state index is 0.115. The molecule has 3 heteroatoms. The van der Waals surface area contributed by atoms with Crippen molar-refractivity contribution in [1.82, 2.24) is 4.90 Å². The number of rotatable bonds is 6. The van der Waals surface area contributed by atoms with Crippen LogP contribution in [0.2, 0.25) is 0 Å². The molecule has 2 rings (SSSR count). The first-order valence-electron chi connectivity index (χ1n) is 8.76. The Balaban J connectivity index is 1.99. The largest absolute Gasteiger partial charge is 0.324 e. The van der Waals surface area contributed by atoms with Crippen molar-refractivity contribution in [3.8, 4) is 0 Å². The fourth-order valence-corrected chi connectivity index (χ4v) is 3.46. The summed E-state index contributed by atoms with van der Waals surface area (Å²) in [5.74, 6) is 0.115. The van der Waals surface area contributed by atoms with Crippen molar-refractivity contribution >= 4 is 11.6 Å². The third-order valence-electron chi connectivity index (χ3n) is 4.85. The second-order valence-corrected chi connectivity index (χ2v) is 6.41. The minimum Gasteiger partial charge on any atom is -0.324 e. The zero-order chi connectivity index (χ0) is 15.9. The SMILES string of the molecule is CCc1cccc(CC)c1NC(=O)CN(C)C1CCCCC1. The third-order valence-corrected chi connectivity index (χ3v) is 4.85. The van der Waals surface area contributed by atoms with Gasteiger partial charge in [-0.15, -0.1) is 0 Å². The molecule has 1 aromatic carbocycles. The molecular weight excluding hydrogens is 272 g/mol. The van der Waals surface area contributed by atoms with E-state index in [1.807, 2.05) is 0 Å². The number of nitrogens with one attached hydrogen (secondary N) is 1. The van der Waals surface area contributed by atoms with E-state index in [1.54, 1.807) is 0 Å². The maximum Gasteiger partial charge on any atom is 0.238 e. The lowest BCUT2D eigenvalue weighted by atomic mass is 9.94. The van der Waals surface area contributed by atoms with Crippen molar-refractivity contribution in [2.45, 2.75) is 64.8 Å². The Morgan fingerprint density at radius 3 is 2.27 bits per heavy atom. The molecular formula is C19H30N2O. The lowest BCUT2D eigenvalue weighted by Gasteiger charge is -2.30. The van der Waals surface area contributed by atoms with Gasteiger partial charge in [0, 0.05) is 11.7 Å². The van der Waals surface area contributed by atoms with Crippen LogP contribution >= 0.6 is 0 Å². The van der Waals surface area contributed by atoms with E-state index in [-0.39, 0.29) is 5.91 Å². The molecule has 1 aliphatic carbocycles. The molecule has 0 saturated heterocycles. The van der Waals surface area contributed by atoms with Gasteiger partial charge in [-0.2, -0.15) is 0 Å². The number of hydrogen-bond donors (Lipinski definition) is 1. The number of para-hydroxylation sites is 1. The predicted molar refractivity (Wildman–Crippen MR) is 93.3 cm³/mol. The first-order valence-corrected chi connectivity index (χ1v) is 8.76. The molecule has 1 aliphatic rings. The van der Waals surface area contributed by atoms with Crippen molar-refractivity contribution in [2.24, 2.45) is 0 Å². The van der Waals surface area contributed by atoms with Gasteiger partial charge in [0.15, 0.2) is 0 Å². The molecule has 1 aromatic rings. The molecule has 22 heavy (non-hydrogen) atoms. The van der Waals surface area contributed by atoms with Gasteiger partial charge in [0.25, 0.3) is 0 Å². The van der Waals surface area contributed by atoms with Crippen LogP contribution in [0.15, 0.2) is 18.2 Å². The molecule has 0 radical (unpaired) electrons. The van der Waals surface area contributed by atoms with Crippen molar-refractivity contribution in [1.29, 1.82) is 0 Å². The number of aryl methyl sites for hydroxylation is 2. The van der Waals surface area contributed by atoms with Crippen LogP contribution in [0.3, 0.4) is 0 Å². The van der Waals surface area contributed by atoms with Crippen LogP contribution in [0.25, 0.3) is 0 Å². The maximum absolute atomic E-state index is 12.4. The second-order valence-electron chi connectivity index (χ2n) is 6.41. The topological polar surface area (TPSA) is 32.3 Å². The van der Waals surface area contributed by atoms with Crippen molar-refractivity contribution in [3.63, 3.8) is 0 Å². The Bertz CT molecular complexity index is 470. The molecule has 0 unspecified atom stereocenters. The van der Waals surface area contributed by atoms with E-state index in [0.29, 0.717) is 12.6 Å². The molecule has 1 amide bonds. The Labute approximate surface area is 135 Å². The van der Waals surface area contributed by atoms with Crippen LogP contribution in [0.5, 0.6) is 0 Å². The highest BCUT2D eigenvalue weighted by atomic mass is 16.2. The standard InChI is InChI=1S/C19H30N2O/c1-4-15-10-9-11-16(5-2)19(15)20-18(22)14-21(3)17-12-7-6-8-13-17/h9-11,17H,4-8,12-14H2,1-3H3,(H,20,22). The second kappa shape index (κ2) is 8.33. The lowest BCUT2D eigenvalue weighted by Crippen LogP contribution is -2.39. The lowest BCUT2D eigenvalue weighted by molar-refractivity contribution is -0.117. The normalized spacial score (nSPS) is 16.0. The highest BCUT2D eigenvalue weighted by Crippen LogP contribution is 2.24. The first kappa shape index (κ1) is 17.0. The predicted octanol–water partition coefficient (Wildman–Crippen LogP) is 4.01. The zero-order valence-corrected chi connectivity index (χ0v) is 14.3. The van der Waals surface area contributed by atoms with Gasteiger partial charge in [0.1, 0.15) is 0 Å². The number of nitrogens with zero attached hydrogens (tertiary/aromatic N) is 1. The summed E-state index contributed by atoms with van der Waals surface area (Å²) in [5, 5.41) is 3.17. The van der Waals surface area contributed by atoms with Crippen LogP contribution in [-0.4, -0.2) is 30.4 Å². The van der Waals surface area contributed by atoms with E-state index in [9.17, 15) is 4.79 Å². The minimum absolute atomic E-state index is 0.115. The van der Waals surface area contributed by atoms with Gasteiger partial charge < -0.3 is 5.32 Å². The van der Waals surface area contributed by atoms with E-state index in [0.717, 1.165) is 18.5 Å². The van der Waals surface area contributed by atoms with Gasteiger partial charge in [-0.1, -0.05) is 51.3 Å². The van der Waals surface area contributed by atoms with Crippen molar-refractivity contribution < 1.29 is 4.79 Å². The van der Waals surface area contributed by atoms with Gasteiger partial charge in [0.05, 0.1) is 6.54 Å². The Hall–Kier alpha value is -1.35. The summed E-state index contributed by atoms with van der Waals surface area (Å²) in [7, 11) is 2.09. The molecule has 0 heterocycles. The van der Waals surface area contributed by atoms with Gasteiger partial charge in [-0.25, -0.2) is 0 Å². The van der Waals surface area contributed by atoms with E-state index in [4.69, 9.17) is 0 Å². The molecule has 122 valence electrons. The number of likely N-dealkylation sites (N-methyl/N-ethyl adjacent to an activating group) is 1. The maximum atomic E-state index is 12.4. The summed E-state index contributed by atoms with van der Waals surface area (Å²) in [6, 6.07) is 6.88. The van der Waals surface area contributed by atoms with Crippen LogP contribution in [0.4, 0.5) is 5.69 Å². The van der Waals surface area contributed by atoms with Gasteiger partial charge in [0.2, 0.25) is 5.91 Å². The van der Waals surface area contributed by atoms with Gasteiger partial charge in [-0.3, -0.25) is 9.69 Å². The summed E-state index contributed by atoms with van der Waals surface area (Å²) in [6.45, 7) is 4.77. The summed E-state index contributed by atoms with van der Waals surface area (Å²) in [5.41, 5.74) is 3.50. The van der Waals surface area contributed by atoms with E-state index in [2.05, 4.69) is 49.3 Å². The molecule has 0 aliphatic heterocycles. The van der Waals surface area contributed by atoms with Crippen molar-refractivity contribution in [3.05, 3.63) is 29.3 Å². The fourth-order valence-electron chi connectivity index (χ4n) is 3.46. The molecule has 0 atom stereocenters. The quantitative estimate of drug-likeness (QED) is 0.861. The summed E-state index contributed by atoms with van der Waals surface area (Å²) >= 11 is 0. The molecule has 0 aromatic heterocycles. The fraction of sp³-hybridized carbons (Fsp3) is 0.632. The van der Waals surface area contributed by atoms with Crippen LogP contribution in [0.1, 0.15) is 57.1 Å². The number of anilines is 1. The number of amides is 1. The molecule has 1 fully saturated rings. The van der Waals surface area contributed by atoms with Crippen molar-refractivity contribution in [2.75, 3.05) is 18.9 Å². The average molecular weight is 302 g/mol. The average Bonchev–Trinajstić information content (AvgIpc) is 2.55. The number of carbonyl (C=O) groups is 1. The summed E-state index contributed by atoms with van der Waals surface area (Å²) in [6.07, 6.45) is 8.31. The Morgan fingerprint density at radius 1 is 1.14 bits per heavy atom. The molecule has 0 bridgehead atoms. The molecule has 1 saturated carbocycles. The Kier molecular flexibility index (Phi) is 6.44.